The van der Waals surface area contributed by atoms with Gasteiger partial charge in [-0.3, -0.25) is 9.59 Å². The van der Waals surface area contributed by atoms with Crippen molar-refractivity contribution in [1.82, 2.24) is 15.3 Å². The highest BCUT2D eigenvalue weighted by molar-refractivity contribution is 5.85. The van der Waals surface area contributed by atoms with Gasteiger partial charge in [0.15, 0.2) is 0 Å². The van der Waals surface area contributed by atoms with E-state index < -0.39 is 11.5 Å². The first-order valence-electron chi connectivity index (χ1n) is 7.62. The number of hydrogen-bond donors (Lipinski definition) is 3. The summed E-state index contributed by atoms with van der Waals surface area (Å²) in [5.41, 5.74) is -0.685. The minimum Gasteiger partial charge on any atom is -0.483 e. The van der Waals surface area contributed by atoms with Crippen LogP contribution in [0.2, 0.25) is 0 Å². The van der Waals surface area contributed by atoms with E-state index in [1.807, 2.05) is 13.0 Å². The van der Waals surface area contributed by atoms with E-state index in [-0.39, 0.29) is 12.4 Å². The summed E-state index contributed by atoms with van der Waals surface area (Å²) in [5.74, 6) is 1.53. The van der Waals surface area contributed by atoms with Crippen LogP contribution in [-0.2, 0) is 9.59 Å². The largest absolute Gasteiger partial charge is 0.483 e. The number of carbonyl (C=O) groups is 2. The molecule has 0 aromatic carbocycles. The minimum atomic E-state index is -0.685. The number of hydrogen-bond acceptors (Lipinski definition) is 6. The first-order chi connectivity index (χ1) is 11.0. The van der Waals surface area contributed by atoms with Gasteiger partial charge in [0.05, 0.1) is 11.5 Å². The van der Waals surface area contributed by atoms with Crippen molar-refractivity contribution < 1.29 is 19.8 Å². The third-order valence-corrected chi connectivity index (χ3v) is 4.41. The molecule has 1 aromatic heterocycles. The summed E-state index contributed by atoms with van der Waals surface area (Å²) in [6.45, 7) is 3.55. The molecule has 2 aliphatic heterocycles. The number of aryl methyl sites for hydroxylation is 1. The molecule has 126 valence electrons. The molecular formula is C15H22N4O4. The van der Waals surface area contributed by atoms with Crippen molar-refractivity contribution in [3.05, 3.63) is 18.1 Å². The number of aliphatic hydroxyl groups excluding tert-OH is 1. The average molecular weight is 322 g/mol. The number of amides is 1. The van der Waals surface area contributed by atoms with Crippen LogP contribution in [-0.4, -0.2) is 58.3 Å². The van der Waals surface area contributed by atoms with Crippen molar-refractivity contribution in [2.75, 3.05) is 24.5 Å². The summed E-state index contributed by atoms with van der Waals surface area (Å²) in [5, 5.41) is 20.1. The lowest BCUT2D eigenvalue weighted by Gasteiger charge is -2.47. The van der Waals surface area contributed by atoms with Gasteiger partial charge in [0.2, 0.25) is 5.91 Å². The Labute approximate surface area is 134 Å². The van der Waals surface area contributed by atoms with Crippen LogP contribution in [0.5, 0.6) is 0 Å². The first-order valence-corrected chi connectivity index (χ1v) is 7.62. The summed E-state index contributed by atoms with van der Waals surface area (Å²) in [6, 6.07) is 1.86. The van der Waals surface area contributed by atoms with E-state index >= 15 is 0 Å². The van der Waals surface area contributed by atoms with Crippen molar-refractivity contribution in [3.63, 3.8) is 0 Å². The second-order valence-corrected chi connectivity index (χ2v) is 5.81. The first kappa shape index (κ1) is 17.1. The highest BCUT2D eigenvalue weighted by Gasteiger charge is 2.50. The molecule has 0 bridgehead atoms. The van der Waals surface area contributed by atoms with Gasteiger partial charge in [-0.05, 0) is 32.3 Å². The van der Waals surface area contributed by atoms with Crippen molar-refractivity contribution >= 4 is 18.2 Å². The van der Waals surface area contributed by atoms with Crippen molar-refractivity contribution in [2.45, 2.75) is 32.3 Å². The average Bonchev–Trinajstić information content (AvgIpc) is 2.53. The van der Waals surface area contributed by atoms with E-state index in [1.165, 1.54) is 0 Å². The van der Waals surface area contributed by atoms with Crippen molar-refractivity contribution in [1.29, 1.82) is 0 Å². The summed E-state index contributed by atoms with van der Waals surface area (Å²) in [7, 11) is 0. The lowest BCUT2D eigenvalue weighted by Crippen LogP contribution is -2.61. The van der Waals surface area contributed by atoms with Gasteiger partial charge < -0.3 is 20.4 Å². The fraction of sp³-hybridized carbons (Fsp3) is 0.600. The molecule has 2 aliphatic rings. The van der Waals surface area contributed by atoms with Crippen LogP contribution in [0.4, 0.5) is 5.82 Å². The van der Waals surface area contributed by atoms with E-state index in [0.717, 1.165) is 24.5 Å². The number of aromatic nitrogens is 2. The maximum absolute atomic E-state index is 12.3. The molecule has 0 saturated carbocycles. The van der Waals surface area contributed by atoms with Crippen LogP contribution in [0.3, 0.4) is 0 Å². The standard InChI is InChI=1S/C14H20N4O2.CH2O2/c1-10-15-7-3-12(17-10)18-8-4-11(19)14(9-18)5-2-6-16-13(14)20;2-1-3/h3,7,11,19H,2,4-6,8-9H2,1H3,(H,16,20);1H,(H,2,3)/t11-,14+;/m0./s1. The Hall–Kier alpha value is -2.22. The normalized spacial score (nSPS) is 27.0. The molecule has 23 heavy (non-hydrogen) atoms. The van der Waals surface area contributed by atoms with E-state index in [2.05, 4.69) is 20.2 Å². The molecule has 0 radical (unpaired) electrons. The Kier molecular flexibility index (Phi) is 5.49. The van der Waals surface area contributed by atoms with Gasteiger partial charge in [-0.1, -0.05) is 0 Å². The maximum atomic E-state index is 12.3. The van der Waals surface area contributed by atoms with E-state index in [0.29, 0.717) is 26.1 Å². The molecule has 3 heterocycles. The molecular weight excluding hydrogens is 300 g/mol. The third kappa shape index (κ3) is 3.58. The van der Waals surface area contributed by atoms with Crippen LogP contribution in [0, 0.1) is 12.3 Å². The Morgan fingerprint density at radius 1 is 1.52 bits per heavy atom. The van der Waals surface area contributed by atoms with Crippen LogP contribution in [0.1, 0.15) is 25.1 Å². The second kappa shape index (κ2) is 7.36. The fourth-order valence-electron chi connectivity index (χ4n) is 3.26. The monoisotopic (exact) mass is 322 g/mol. The van der Waals surface area contributed by atoms with Gasteiger partial charge in [0.25, 0.3) is 6.47 Å². The zero-order chi connectivity index (χ0) is 16.9. The summed E-state index contributed by atoms with van der Waals surface area (Å²) in [4.78, 5) is 31.3. The Morgan fingerprint density at radius 2 is 2.26 bits per heavy atom. The third-order valence-electron chi connectivity index (χ3n) is 4.41. The number of nitrogens with one attached hydrogen (secondary N) is 1. The highest BCUT2D eigenvalue weighted by Crippen LogP contribution is 2.38. The summed E-state index contributed by atoms with van der Waals surface area (Å²) < 4.78 is 0. The summed E-state index contributed by atoms with van der Waals surface area (Å²) >= 11 is 0. The van der Waals surface area contributed by atoms with E-state index in [9.17, 15) is 9.90 Å². The number of carbonyl (C=O) groups excluding carboxylic acids is 1. The number of nitrogens with zero attached hydrogens (tertiary/aromatic N) is 3. The molecule has 1 amide bonds. The predicted molar refractivity (Wildman–Crippen MR) is 83.0 cm³/mol. The van der Waals surface area contributed by atoms with Crippen molar-refractivity contribution in [2.24, 2.45) is 5.41 Å². The number of carboxylic acid groups (broad SMARTS) is 1. The number of piperidine rings is 2. The number of anilines is 1. The Morgan fingerprint density at radius 3 is 2.91 bits per heavy atom. The van der Waals surface area contributed by atoms with Gasteiger partial charge in [0, 0.05) is 25.8 Å². The molecule has 2 saturated heterocycles. The fourth-order valence-corrected chi connectivity index (χ4v) is 3.26. The molecule has 3 N–H and O–H groups in total. The van der Waals surface area contributed by atoms with Crippen LogP contribution >= 0.6 is 0 Å². The Balaban J connectivity index is 0.000000595. The number of rotatable bonds is 1. The highest BCUT2D eigenvalue weighted by atomic mass is 16.3. The molecule has 0 unspecified atom stereocenters. The Bertz CT molecular complexity index is 568. The lowest BCUT2D eigenvalue weighted by molar-refractivity contribution is -0.142. The van der Waals surface area contributed by atoms with Crippen LogP contribution in [0.25, 0.3) is 0 Å². The zero-order valence-corrected chi connectivity index (χ0v) is 13.1. The van der Waals surface area contributed by atoms with Crippen LogP contribution < -0.4 is 10.2 Å². The molecule has 0 aliphatic carbocycles. The molecule has 8 nitrogen and oxygen atoms in total. The predicted octanol–water partition coefficient (Wildman–Crippen LogP) is -0.0468. The molecule has 1 aromatic rings. The topological polar surface area (TPSA) is 116 Å². The molecule has 2 atom stereocenters. The van der Waals surface area contributed by atoms with E-state index in [4.69, 9.17) is 9.90 Å². The molecule has 1 spiro atoms. The van der Waals surface area contributed by atoms with Crippen molar-refractivity contribution in [3.8, 4) is 0 Å². The molecule has 3 rings (SSSR count). The quantitative estimate of drug-likeness (QED) is 0.621. The summed E-state index contributed by atoms with van der Waals surface area (Å²) in [6.07, 6.45) is 3.41. The van der Waals surface area contributed by atoms with Gasteiger partial charge in [-0.2, -0.15) is 0 Å². The maximum Gasteiger partial charge on any atom is 0.290 e. The van der Waals surface area contributed by atoms with Gasteiger partial charge in [0.1, 0.15) is 11.6 Å². The lowest BCUT2D eigenvalue weighted by atomic mass is 9.71. The van der Waals surface area contributed by atoms with E-state index in [1.54, 1.807) is 6.20 Å². The SMILES string of the molecule is Cc1nccc(N2CC[C@H](O)[C@@]3(CCCNC3=O)C2)n1.O=CO. The van der Waals surface area contributed by atoms with Gasteiger partial charge in [-0.25, -0.2) is 9.97 Å². The van der Waals surface area contributed by atoms with Gasteiger partial charge in [-0.15, -0.1) is 0 Å². The molecule has 8 heteroatoms. The second-order valence-electron chi connectivity index (χ2n) is 5.81. The number of aliphatic hydroxyl groups is 1. The van der Waals surface area contributed by atoms with Gasteiger partial charge >= 0.3 is 0 Å². The van der Waals surface area contributed by atoms with Crippen LogP contribution in [0.15, 0.2) is 12.3 Å². The molecule has 2 fully saturated rings. The smallest absolute Gasteiger partial charge is 0.290 e. The zero-order valence-electron chi connectivity index (χ0n) is 13.1. The minimum absolute atomic E-state index is 0.0215.